The van der Waals surface area contributed by atoms with Crippen molar-refractivity contribution in [3.8, 4) is 0 Å². The van der Waals surface area contributed by atoms with Gasteiger partial charge in [-0.15, -0.1) is 12.4 Å². The molecule has 86 valence electrons. The minimum Gasteiger partial charge on any atom is -0.394 e. The minimum atomic E-state index is -0.885. The third-order valence-corrected chi connectivity index (χ3v) is 2.56. The Morgan fingerprint density at radius 3 is 1.79 bits per heavy atom. The number of halogens is 1. The summed E-state index contributed by atoms with van der Waals surface area (Å²) in [6.45, 7) is 1.74. The van der Waals surface area contributed by atoms with Crippen LogP contribution in [0.5, 0.6) is 0 Å². The number of hydrogen-bond donors (Lipinski definition) is 3. The van der Waals surface area contributed by atoms with Crippen molar-refractivity contribution in [2.24, 2.45) is 0 Å². The Morgan fingerprint density at radius 1 is 1.00 bits per heavy atom. The average Bonchev–Trinajstić information content (AvgIpc) is 2.23. The lowest BCUT2D eigenvalue weighted by atomic mass is 10.0. The molecule has 1 aliphatic rings. The monoisotopic (exact) mass is 227 g/mol. The molecule has 0 atom stereocenters. The molecule has 0 aromatic carbocycles. The first-order valence-corrected chi connectivity index (χ1v) is 4.44. The smallest absolute Gasteiger partial charge is 0.0908 e. The molecule has 1 aliphatic heterocycles. The number of hydrogen-bond acceptors (Lipinski definition) is 5. The van der Waals surface area contributed by atoms with Gasteiger partial charge in [0, 0.05) is 13.1 Å². The second-order valence-electron chi connectivity index (χ2n) is 3.30. The number of morpholine rings is 1. The highest BCUT2D eigenvalue weighted by Crippen LogP contribution is 2.15. The lowest BCUT2D eigenvalue weighted by Gasteiger charge is -2.42. The van der Waals surface area contributed by atoms with Crippen LogP contribution in [0, 0.1) is 0 Å². The summed E-state index contributed by atoms with van der Waals surface area (Å²) in [4.78, 5) is 1.87. The van der Waals surface area contributed by atoms with Crippen LogP contribution >= 0.6 is 12.4 Å². The van der Waals surface area contributed by atoms with E-state index in [-0.39, 0.29) is 32.2 Å². The fourth-order valence-electron chi connectivity index (χ4n) is 1.49. The first kappa shape index (κ1) is 14.1. The fourth-order valence-corrected chi connectivity index (χ4v) is 1.49. The standard InChI is InChI=1S/C8H17NO4.ClH/c10-5-8(6-11,7-12)9-1-3-13-4-2-9;/h10-12H,1-7H2;1H. The summed E-state index contributed by atoms with van der Waals surface area (Å²) in [6.07, 6.45) is 0. The quantitative estimate of drug-likeness (QED) is 0.543. The van der Waals surface area contributed by atoms with E-state index < -0.39 is 5.54 Å². The van der Waals surface area contributed by atoms with Gasteiger partial charge in [-0.1, -0.05) is 0 Å². The van der Waals surface area contributed by atoms with Gasteiger partial charge >= 0.3 is 0 Å². The summed E-state index contributed by atoms with van der Waals surface area (Å²) in [6, 6.07) is 0. The van der Waals surface area contributed by atoms with Crippen LogP contribution in [0.4, 0.5) is 0 Å². The van der Waals surface area contributed by atoms with Crippen molar-refractivity contribution in [2.75, 3.05) is 46.1 Å². The minimum absolute atomic E-state index is 0. The van der Waals surface area contributed by atoms with E-state index >= 15 is 0 Å². The predicted molar refractivity (Wildman–Crippen MR) is 53.6 cm³/mol. The highest BCUT2D eigenvalue weighted by atomic mass is 35.5. The molecule has 0 radical (unpaired) electrons. The van der Waals surface area contributed by atoms with Crippen LogP contribution in [0.1, 0.15) is 0 Å². The van der Waals surface area contributed by atoms with E-state index in [0.29, 0.717) is 26.3 Å². The maximum Gasteiger partial charge on any atom is 0.0908 e. The van der Waals surface area contributed by atoms with E-state index in [1.807, 2.05) is 4.90 Å². The molecule has 0 spiro atoms. The molecule has 1 heterocycles. The maximum atomic E-state index is 9.13. The molecule has 3 N–H and O–H groups in total. The van der Waals surface area contributed by atoms with Crippen LogP contribution in [0.25, 0.3) is 0 Å². The molecule has 0 aromatic rings. The van der Waals surface area contributed by atoms with Gasteiger partial charge < -0.3 is 20.1 Å². The molecule has 1 fully saturated rings. The summed E-state index contributed by atoms with van der Waals surface area (Å²) in [5, 5.41) is 27.4. The van der Waals surface area contributed by atoms with Crippen LogP contribution in [0.2, 0.25) is 0 Å². The van der Waals surface area contributed by atoms with Crippen molar-refractivity contribution in [2.45, 2.75) is 5.54 Å². The molecule has 0 aliphatic carbocycles. The predicted octanol–water partition coefficient (Wildman–Crippen LogP) is -1.54. The first-order chi connectivity index (χ1) is 6.29. The van der Waals surface area contributed by atoms with E-state index in [2.05, 4.69) is 0 Å². The topological polar surface area (TPSA) is 73.2 Å². The van der Waals surface area contributed by atoms with Crippen LogP contribution in [-0.2, 0) is 4.74 Å². The van der Waals surface area contributed by atoms with Gasteiger partial charge in [0.1, 0.15) is 0 Å². The van der Waals surface area contributed by atoms with Gasteiger partial charge in [0.2, 0.25) is 0 Å². The largest absolute Gasteiger partial charge is 0.394 e. The van der Waals surface area contributed by atoms with Gasteiger partial charge in [-0.2, -0.15) is 0 Å². The molecule has 6 heteroatoms. The maximum absolute atomic E-state index is 9.13. The van der Waals surface area contributed by atoms with E-state index in [1.165, 1.54) is 0 Å². The highest BCUT2D eigenvalue weighted by Gasteiger charge is 2.35. The van der Waals surface area contributed by atoms with Crippen molar-refractivity contribution < 1.29 is 20.1 Å². The Hall–Kier alpha value is 0.0900. The Labute approximate surface area is 89.7 Å². The number of rotatable bonds is 4. The molecule has 1 saturated heterocycles. The average molecular weight is 228 g/mol. The molecule has 0 amide bonds. The Kier molecular flexibility index (Phi) is 6.59. The zero-order chi connectivity index (χ0) is 9.73. The van der Waals surface area contributed by atoms with E-state index in [0.717, 1.165) is 0 Å². The van der Waals surface area contributed by atoms with Crippen molar-refractivity contribution in [1.82, 2.24) is 4.90 Å². The lowest BCUT2D eigenvalue weighted by molar-refractivity contribution is -0.0873. The summed E-state index contributed by atoms with van der Waals surface area (Å²) in [5.74, 6) is 0. The fraction of sp³-hybridized carbons (Fsp3) is 1.00. The number of ether oxygens (including phenoxy) is 1. The Balaban J connectivity index is 0.00000169. The molecular weight excluding hydrogens is 210 g/mol. The summed E-state index contributed by atoms with van der Waals surface area (Å²) in [7, 11) is 0. The molecule has 5 nitrogen and oxygen atoms in total. The van der Waals surface area contributed by atoms with Gasteiger partial charge in [0.15, 0.2) is 0 Å². The van der Waals surface area contributed by atoms with Crippen molar-refractivity contribution in [3.63, 3.8) is 0 Å². The Bertz CT molecular complexity index is 140. The number of aliphatic hydroxyl groups excluding tert-OH is 3. The van der Waals surface area contributed by atoms with Crippen molar-refractivity contribution >= 4 is 12.4 Å². The van der Waals surface area contributed by atoms with E-state index in [4.69, 9.17) is 20.1 Å². The third kappa shape index (κ3) is 2.79. The SMILES string of the molecule is Cl.OCC(CO)(CO)N1CCOCC1. The molecule has 1 rings (SSSR count). The molecular formula is C8H18ClNO4. The lowest BCUT2D eigenvalue weighted by Crippen LogP contribution is -2.60. The summed E-state index contributed by atoms with van der Waals surface area (Å²) >= 11 is 0. The Morgan fingerprint density at radius 2 is 1.43 bits per heavy atom. The molecule has 0 bridgehead atoms. The van der Waals surface area contributed by atoms with Crippen molar-refractivity contribution in [3.05, 3.63) is 0 Å². The molecule has 0 saturated carbocycles. The number of aliphatic hydroxyl groups is 3. The number of nitrogens with zero attached hydrogens (tertiary/aromatic N) is 1. The van der Waals surface area contributed by atoms with E-state index in [1.54, 1.807) is 0 Å². The zero-order valence-corrected chi connectivity index (χ0v) is 8.87. The van der Waals surface area contributed by atoms with Gasteiger partial charge in [-0.05, 0) is 0 Å². The van der Waals surface area contributed by atoms with Crippen LogP contribution < -0.4 is 0 Å². The van der Waals surface area contributed by atoms with Crippen molar-refractivity contribution in [1.29, 1.82) is 0 Å². The van der Waals surface area contributed by atoms with E-state index in [9.17, 15) is 0 Å². The van der Waals surface area contributed by atoms with Gasteiger partial charge in [-0.3, -0.25) is 4.90 Å². The second kappa shape index (κ2) is 6.55. The molecule has 0 unspecified atom stereocenters. The van der Waals surface area contributed by atoms with Crippen LogP contribution in [0.15, 0.2) is 0 Å². The molecule has 0 aromatic heterocycles. The third-order valence-electron chi connectivity index (χ3n) is 2.56. The normalized spacial score (nSPS) is 19.1. The van der Waals surface area contributed by atoms with Crippen LogP contribution in [0.3, 0.4) is 0 Å². The zero-order valence-electron chi connectivity index (χ0n) is 8.06. The van der Waals surface area contributed by atoms with Gasteiger partial charge in [0.05, 0.1) is 38.6 Å². The van der Waals surface area contributed by atoms with Gasteiger partial charge in [-0.25, -0.2) is 0 Å². The van der Waals surface area contributed by atoms with Gasteiger partial charge in [0.25, 0.3) is 0 Å². The summed E-state index contributed by atoms with van der Waals surface area (Å²) < 4.78 is 5.14. The van der Waals surface area contributed by atoms with Crippen LogP contribution in [-0.4, -0.2) is 71.9 Å². The second-order valence-corrected chi connectivity index (χ2v) is 3.30. The first-order valence-electron chi connectivity index (χ1n) is 4.44. The summed E-state index contributed by atoms with van der Waals surface area (Å²) in [5.41, 5.74) is -0.885. The molecule has 14 heavy (non-hydrogen) atoms. The highest BCUT2D eigenvalue weighted by molar-refractivity contribution is 5.85.